The molecule has 0 saturated heterocycles. The van der Waals surface area contributed by atoms with Crippen molar-refractivity contribution in [3.8, 4) is 12.1 Å². The van der Waals surface area contributed by atoms with E-state index >= 15 is 0 Å². The van der Waals surface area contributed by atoms with Crippen LogP contribution in [0.4, 0.5) is 0 Å². The third kappa shape index (κ3) is 10500. The predicted octanol–water partition coefficient (Wildman–Crippen LogP) is -0.129. The van der Waals surface area contributed by atoms with E-state index in [-0.39, 0.29) is 0 Å². The highest BCUT2D eigenvalue weighted by atomic mass is 32.2. The van der Waals surface area contributed by atoms with Crippen molar-refractivity contribution in [3.63, 3.8) is 0 Å². The molecule has 0 aliphatic carbocycles. The highest BCUT2D eigenvalue weighted by Gasteiger charge is 1.59. The predicted molar refractivity (Wildman–Crippen MR) is 27.9 cm³/mol. The molecule has 4 nitrogen and oxygen atoms in total. The van der Waals surface area contributed by atoms with E-state index < -0.39 is 11.1 Å². The van der Waals surface area contributed by atoms with Crippen LogP contribution in [0.3, 0.4) is 0 Å². The lowest BCUT2D eigenvalue weighted by Crippen LogP contribution is -1.72. The molecule has 1 N–H and O–H groups in total. The summed E-state index contributed by atoms with van der Waals surface area (Å²) in [5.41, 5.74) is 0. The Kier molecular flexibility index (Phi) is 12.0. The van der Waals surface area contributed by atoms with Gasteiger partial charge in [-0.15, -0.1) is 0 Å². The zero-order valence-corrected chi connectivity index (χ0v) is 4.97. The van der Waals surface area contributed by atoms with Crippen molar-refractivity contribution < 1.29 is 8.76 Å². The van der Waals surface area contributed by atoms with Crippen LogP contribution in [0.25, 0.3) is 0 Å². The lowest BCUT2D eigenvalue weighted by atomic mass is 10.9. The summed E-state index contributed by atoms with van der Waals surface area (Å²) in [6, 6.07) is 2.47. The van der Waals surface area contributed by atoms with Gasteiger partial charge >= 0.3 is 0 Å². The number of hydrogen-bond acceptors (Lipinski definition) is 3. The van der Waals surface area contributed by atoms with E-state index in [1.54, 1.807) is 0 Å². The molecule has 5 heteroatoms. The maximum absolute atomic E-state index is 9.11. The Labute approximate surface area is 49.6 Å². The molecular weight excluding hydrogens is 128 g/mol. The topological polar surface area (TPSA) is 84.9 Å². The van der Waals surface area contributed by atoms with Crippen molar-refractivity contribution in [2.75, 3.05) is 6.26 Å². The van der Waals surface area contributed by atoms with Crippen LogP contribution in [0.15, 0.2) is 0 Å². The van der Waals surface area contributed by atoms with E-state index in [4.69, 9.17) is 19.3 Å². The van der Waals surface area contributed by atoms with Gasteiger partial charge in [-0.25, -0.2) is 4.21 Å². The zero-order valence-electron chi connectivity index (χ0n) is 4.16. The molecule has 0 amide bonds. The van der Waals surface area contributed by atoms with Gasteiger partial charge in [-0.3, -0.25) is 0 Å². The van der Waals surface area contributed by atoms with Gasteiger partial charge in [0.15, 0.2) is 12.1 Å². The van der Waals surface area contributed by atoms with Crippen molar-refractivity contribution in [2.45, 2.75) is 0 Å². The molecule has 0 aromatic carbocycles. The smallest absolute Gasteiger partial charge is 0.181 e. The molecule has 0 saturated carbocycles. The number of nitrogens with zero attached hydrogens (tertiary/aromatic N) is 2. The minimum absolute atomic E-state index is 1.19. The van der Waals surface area contributed by atoms with Gasteiger partial charge in [0.2, 0.25) is 0 Å². The quantitative estimate of drug-likeness (QED) is 0.465. The molecule has 0 spiro atoms. The largest absolute Gasteiger partial charge is 0.306 e. The first kappa shape index (κ1) is 10.1. The first-order valence-corrected chi connectivity index (χ1v) is 2.97. The average Bonchev–Trinajstić information content (AvgIpc) is 1.65. The first-order valence-electron chi connectivity index (χ1n) is 1.45. The summed E-state index contributed by atoms with van der Waals surface area (Å²) in [6.45, 7) is 0. The minimum Gasteiger partial charge on any atom is -0.306 e. The second kappa shape index (κ2) is 9.43. The number of hydrogen-bond donors (Lipinski definition) is 1. The molecule has 0 rings (SSSR count). The molecule has 0 heterocycles. The van der Waals surface area contributed by atoms with Crippen molar-refractivity contribution in [3.05, 3.63) is 0 Å². The van der Waals surface area contributed by atoms with Crippen LogP contribution in [0.1, 0.15) is 0 Å². The molecule has 1 atom stereocenters. The molecule has 0 aromatic heterocycles. The van der Waals surface area contributed by atoms with E-state index in [0.29, 0.717) is 0 Å². The van der Waals surface area contributed by atoms with Gasteiger partial charge in [-0.05, 0) is 0 Å². The van der Waals surface area contributed by atoms with Crippen LogP contribution < -0.4 is 0 Å². The molecule has 0 aromatic rings. The fourth-order valence-corrected chi connectivity index (χ4v) is 0. The Hall–Kier alpha value is -0.910. The molecule has 0 fully saturated rings. The summed E-state index contributed by atoms with van der Waals surface area (Å²) in [4.78, 5) is 0. The second-order valence-corrected chi connectivity index (χ2v) is 1.49. The van der Waals surface area contributed by atoms with Gasteiger partial charge in [0, 0.05) is 6.26 Å². The molecule has 0 radical (unpaired) electrons. The lowest BCUT2D eigenvalue weighted by molar-refractivity contribution is 0.571. The van der Waals surface area contributed by atoms with Crippen molar-refractivity contribution >= 4 is 11.1 Å². The fraction of sp³-hybridized carbons (Fsp3) is 0.333. The second-order valence-electron chi connectivity index (χ2n) is 0.647. The minimum atomic E-state index is -1.61. The Morgan fingerprint density at radius 1 is 1.50 bits per heavy atom. The molecule has 8 heavy (non-hydrogen) atoms. The molecule has 1 unspecified atom stereocenters. The van der Waals surface area contributed by atoms with E-state index in [1.165, 1.54) is 18.4 Å². The Balaban J connectivity index is 0. The van der Waals surface area contributed by atoms with Crippen molar-refractivity contribution in [1.82, 2.24) is 0 Å². The van der Waals surface area contributed by atoms with Crippen LogP contribution in [0.5, 0.6) is 0 Å². The van der Waals surface area contributed by atoms with Crippen LogP contribution in [0, 0.1) is 22.7 Å². The molecule has 0 bridgehead atoms. The molecule has 0 aliphatic heterocycles. The zero-order chi connectivity index (χ0) is 6.99. The normalized spacial score (nSPS) is 9.00. The highest BCUT2D eigenvalue weighted by Crippen LogP contribution is 1.46. The lowest BCUT2D eigenvalue weighted by Gasteiger charge is -1.60. The maximum Gasteiger partial charge on any atom is 0.181 e. The summed E-state index contributed by atoms with van der Waals surface area (Å²) < 4.78 is 16.6. The van der Waals surface area contributed by atoms with Crippen LogP contribution in [0.2, 0.25) is 0 Å². The van der Waals surface area contributed by atoms with Gasteiger partial charge < -0.3 is 4.55 Å². The average molecular weight is 132 g/mol. The monoisotopic (exact) mass is 132 g/mol. The standard InChI is InChI=1S/C2N2.CH4O2S/c3-1-2-4;1-4(2)3/h;1H3,(H,2,3). The van der Waals surface area contributed by atoms with E-state index in [0.717, 1.165) is 0 Å². The Morgan fingerprint density at radius 3 is 1.62 bits per heavy atom. The summed E-state index contributed by atoms with van der Waals surface area (Å²) in [5.74, 6) is 0. The number of nitriles is 2. The third-order valence-electron chi connectivity index (χ3n) is 0.0500. The SMILES string of the molecule is CS(=O)O.N#CC#N. The van der Waals surface area contributed by atoms with Gasteiger partial charge in [0.05, 0.1) is 0 Å². The first-order chi connectivity index (χ1) is 3.65. The summed E-state index contributed by atoms with van der Waals surface area (Å²) in [6.07, 6.45) is 1.19. The van der Waals surface area contributed by atoms with Crippen LogP contribution in [-0.2, 0) is 11.1 Å². The van der Waals surface area contributed by atoms with Gasteiger partial charge in [-0.1, -0.05) is 0 Å². The molecule has 0 aliphatic rings. The van der Waals surface area contributed by atoms with Gasteiger partial charge in [0.25, 0.3) is 0 Å². The summed E-state index contributed by atoms with van der Waals surface area (Å²) in [7, 11) is 0. The summed E-state index contributed by atoms with van der Waals surface area (Å²) in [5, 5.41) is 14.5. The van der Waals surface area contributed by atoms with Crippen molar-refractivity contribution in [1.29, 1.82) is 10.5 Å². The highest BCUT2D eigenvalue weighted by molar-refractivity contribution is 7.78. The molecule has 44 valence electrons. The van der Waals surface area contributed by atoms with Crippen LogP contribution in [-0.4, -0.2) is 15.0 Å². The Bertz CT molecular complexity index is 126. The van der Waals surface area contributed by atoms with Gasteiger partial charge in [-0.2, -0.15) is 10.5 Å². The summed E-state index contributed by atoms with van der Waals surface area (Å²) >= 11 is -1.61. The molecular formula is C3H4N2O2S. The third-order valence-corrected chi connectivity index (χ3v) is 0.0500. The van der Waals surface area contributed by atoms with E-state index in [2.05, 4.69) is 0 Å². The number of rotatable bonds is 0. The van der Waals surface area contributed by atoms with E-state index in [1.807, 2.05) is 0 Å². The van der Waals surface area contributed by atoms with Crippen molar-refractivity contribution in [2.24, 2.45) is 0 Å². The maximum atomic E-state index is 9.11. The fourth-order valence-electron chi connectivity index (χ4n) is 0. The van der Waals surface area contributed by atoms with Crippen LogP contribution >= 0.6 is 0 Å². The Morgan fingerprint density at radius 2 is 1.62 bits per heavy atom. The van der Waals surface area contributed by atoms with Gasteiger partial charge in [0.1, 0.15) is 11.1 Å². The van der Waals surface area contributed by atoms with E-state index in [9.17, 15) is 0 Å².